The van der Waals surface area contributed by atoms with Gasteiger partial charge in [0.15, 0.2) is 0 Å². The first-order valence-corrected chi connectivity index (χ1v) is 8.42. The standard InChI is InChI=1S/C20H23NO3/c1-2-15-8-6-7-11-17(15)20(23)21-12-13-24-18(14-22)19(21)16-9-4-3-5-10-16/h3-11,18-19,22H,2,12-14H2,1H3/t18-,19-/m1/s1. The molecule has 0 aromatic heterocycles. The number of nitrogens with zero attached hydrogens (tertiary/aromatic N) is 1. The van der Waals surface area contributed by atoms with E-state index >= 15 is 0 Å². The monoisotopic (exact) mass is 325 g/mol. The van der Waals surface area contributed by atoms with Gasteiger partial charge in [0.25, 0.3) is 5.91 Å². The zero-order valence-electron chi connectivity index (χ0n) is 13.9. The van der Waals surface area contributed by atoms with E-state index in [-0.39, 0.29) is 18.6 Å². The Kier molecular flexibility index (Phi) is 5.28. The van der Waals surface area contributed by atoms with Crippen LogP contribution in [0.4, 0.5) is 0 Å². The summed E-state index contributed by atoms with van der Waals surface area (Å²) in [5, 5.41) is 9.73. The summed E-state index contributed by atoms with van der Waals surface area (Å²) in [6.07, 6.45) is 0.407. The third kappa shape index (κ3) is 3.21. The van der Waals surface area contributed by atoms with Crippen molar-refractivity contribution in [3.05, 3.63) is 71.3 Å². The van der Waals surface area contributed by atoms with Crippen LogP contribution in [0.15, 0.2) is 54.6 Å². The number of carbonyl (C=O) groups is 1. The molecule has 2 atom stereocenters. The second-order valence-corrected chi connectivity index (χ2v) is 5.96. The summed E-state index contributed by atoms with van der Waals surface area (Å²) in [6.45, 7) is 2.90. The van der Waals surface area contributed by atoms with Crippen molar-refractivity contribution in [2.45, 2.75) is 25.5 Å². The number of benzene rings is 2. The summed E-state index contributed by atoms with van der Waals surface area (Å²) in [6, 6.07) is 17.3. The summed E-state index contributed by atoms with van der Waals surface area (Å²) >= 11 is 0. The normalized spacial score (nSPS) is 20.8. The zero-order chi connectivity index (χ0) is 16.9. The van der Waals surface area contributed by atoms with Gasteiger partial charge < -0.3 is 14.7 Å². The first-order chi connectivity index (χ1) is 11.8. The fourth-order valence-electron chi connectivity index (χ4n) is 3.35. The molecule has 1 amide bonds. The molecule has 1 heterocycles. The highest BCUT2D eigenvalue weighted by Crippen LogP contribution is 2.31. The summed E-state index contributed by atoms with van der Waals surface area (Å²) in [5.74, 6) is 0.00283. The van der Waals surface area contributed by atoms with Crippen LogP contribution in [0, 0.1) is 0 Å². The topological polar surface area (TPSA) is 49.8 Å². The number of hydrogen-bond acceptors (Lipinski definition) is 3. The molecule has 0 saturated carbocycles. The Morgan fingerprint density at radius 3 is 2.58 bits per heavy atom. The fraction of sp³-hybridized carbons (Fsp3) is 0.350. The van der Waals surface area contributed by atoms with E-state index in [2.05, 4.69) is 6.92 Å². The quantitative estimate of drug-likeness (QED) is 0.940. The number of rotatable bonds is 4. The lowest BCUT2D eigenvalue weighted by atomic mass is 9.96. The van der Waals surface area contributed by atoms with Gasteiger partial charge in [-0.1, -0.05) is 55.5 Å². The van der Waals surface area contributed by atoms with E-state index in [1.165, 1.54) is 0 Å². The summed E-state index contributed by atoms with van der Waals surface area (Å²) in [7, 11) is 0. The largest absolute Gasteiger partial charge is 0.394 e. The maximum atomic E-state index is 13.2. The summed E-state index contributed by atoms with van der Waals surface area (Å²) in [4.78, 5) is 15.1. The molecule has 1 fully saturated rings. The average Bonchev–Trinajstić information content (AvgIpc) is 2.67. The third-order valence-corrected chi connectivity index (χ3v) is 4.56. The van der Waals surface area contributed by atoms with Crippen molar-refractivity contribution in [1.29, 1.82) is 0 Å². The van der Waals surface area contributed by atoms with Gasteiger partial charge in [-0.15, -0.1) is 0 Å². The molecule has 1 aliphatic rings. The molecular weight excluding hydrogens is 302 g/mol. The Labute approximate surface area is 142 Å². The fourth-order valence-corrected chi connectivity index (χ4v) is 3.35. The highest BCUT2D eigenvalue weighted by Gasteiger charge is 2.36. The van der Waals surface area contributed by atoms with Crippen LogP contribution >= 0.6 is 0 Å². The summed E-state index contributed by atoms with van der Waals surface area (Å²) in [5.41, 5.74) is 2.76. The molecule has 0 bridgehead atoms. The van der Waals surface area contributed by atoms with Gasteiger partial charge in [0.2, 0.25) is 0 Å². The Morgan fingerprint density at radius 2 is 1.88 bits per heavy atom. The van der Waals surface area contributed by atoms with Gasteiger partial charge >= 0.3 is 0 Å². The number of aliphatic hydroxyl groups is 1. The molecule has 4 heteroatoms. The maximum absolute atomic E-state index is 13.2. The Hall–Kier alpha value is -2.17. The first-order valence-electron chi connectivity index (χ1n) is 8.42. The molecule has 3 rings (SSSR count). The molecule has 1 N–H and O–H groups in total. The molecule has 126 valence electrons. The van der Waals surface area contributed by atoms with Gasteiger partial charge in [-0.25, -0.2) is 0 Å². The van der Waals surface area contributed by atoms with E-state index in [0.29, 0.717) is 13.2 Å². The minimum atomic E-state index is -0.404. The van der Waals surface area contributed by atoms with Crippen molar-refractivity contribution in [1.82, 2.24) is 4.90 Å². The van der Waals surface area contributed by atoms with Crippen LogP contribution in [0.1, 0.15) is 34.5 Å². The van der Waals surface area contributed by atoms with Gasteiger partial charge in [-0.3, -0.25) is 4.79 Å². The van der Waals surface area contributed by atoms with E-state index in [0.717, 1.165) is 23.1 Å². The number of ether oxygens (including phenoxy) is 1. The second-order valence-electron chi connectivity index (χ2n) is 5.96. The van der Waals surface area contributed by atoms with Crippen LogP contribution in [0.5, 0.6) is 0 Å². The van der Waals surface area contributed by atoms with Gasteiger partial charge in [0.1, 0.15) is 6.10 Å². The predicted octanol–water partition coefficient (Wildman–Crippen LogP) is 2.82. The number of aryl methyl sites for hydroxylation is 1. The number of carbonyl (C=O) groups excluding carboxylic acids is 1. The number of amides is 1. The molecule has 0 spiro atoms. The van der Waals surface area contributed by atoms with Crippen LogP contribution in [0.3, 0.4) is 0 Å². The number of aliphatic hydroxyl groups excluding tert-OH is 1. The van der Waals surface area contributed by atoms with E-state index in [4.69, 9.17) is 4.74 Å². The molecule has 4 nitrogen and oxygen atoms in total. The lowest BCUT2D eigenvalue weighted by molar-refractivity contribution is -0.0811. The molecule has 1 saturated heterocycles. The summed E-state index contributed by atoms with van der Waals surface area (Å²) < 4.78 is 5.72. The predicted molar refractivity (Wildman–Crippen MR) is 92.9 cm³/mol. The Morgan fingerprint density at radius 1 is 1.17 bits per heavy atom. The highest BCUT2D eigenvalue weighted by molar-refractivity contribution is 5.96. The lowest BCUT2D eigenvalue weighted by Gasteiger charge is -2.41. The van der Waals surface area contributed by atoms with Crippen LogP contribution in [-0.2, 0) is 11.2 Å². The van der Waals surface area contributed by atoms with Crippen LogP contribution < -0.4 is 0 Å². The van der Waals surface area contributed by atoms with Crippen LogP contribution in [0.2, 0.25) is 0 Å². The van der Waals surface area contributed by atoms with Crippen molar-refractivity contribution >= 4 is 5.91 Å². The molecular formula is C20H23NO3. The van der Waals surface area contributed by atoms with Gasteiger partial charge in [-0.05, 0) is 23.6 Å². The number of morpholine rings is 1. The highest BCUT2D eigenvalue weighted by atomic mass is 16.5. The molecule has 2 aromatic carbocycles. The van der Waals surface area contributed by atoms with Crippen molar-refractivity contribution in [2.24, 2.45) is 0 Å². The SMILES string of the molecule is CCc1ccccc1C(=O)N1CCO[C@H](CO)[C@H]1c1ccccc1. The average molecular weight is 325 g/mol. The van der Waals surface area contributed by atoms with Crippen molar-refractivity contribution in [2.75, 3.05) is 19.8 Å². The molecule has 0 unspecified atom stereocenters. The van der Waals surface area contributed by atoms with E-state index in [1.807, 2.05) is 59.5 Å². The van der Waals surface area contributed by atoms with Crippen LogP contribution in [0.25, 0.3) is 0 Å². The van der Waals surface area contributed by atoms with Gasteiger partial charge in [0.05, 0.1) is 19.3 Å². The van der Waals surface area contributed by atoms with E-state index < -0.39 is 6.10 Å². The van der Waals surface area contributed by atoms with Crippen molar-refractivity contribution in [3.63, 3.8) is 0 Å². The number of hydrogen-bond donors (Lipinski definition) is 1. The van der Waals surface area contributed by atoms with Crippen LogP contribution in [-0.4, -0.2) is 41.8 Å². The second kappa shape index (κ2) is 7.60. The first kappa shape index (κ1) is 16.7. The maximum Gasteiger partial charge on any atom is 0.254 e. The lowest BCUT2D eigenvalue weighted by Crippen LogP contribution is -2.49. The molecule has 24 heavy (non-hydrogen) atoms. The van der Waals surface area contributed by atoms with Crippen molar-refractivity contribution in [3.8, 4) is 0 Å². The Bertz CT molecular complexity index is 686. The molecule has 0 radical (unpaired) electrons. The molecule has 1 aliphatic heterocycles. The minimum absolute atomic E-state index is 0.00283. The minimum Gasteiger partial charge on any atom is -0.394 e. The van der Waals surface area contributed by atoms with E-state index in [9.17, 15) is 9.90 Å². The zero-order valence-corrected chi connectivity index (χ0v) is 13.9. The molecule has 2 aromatic rings. The van der Waals surface area contributed by atoms with Crippen molar-refractivity contribution < 1.29 is 14.6 Å². The smallest absolute Gasteiger partial charge is 0.254 e. The van der Waals surface area contributed by atoms with Gasteiger partial charge in [-0.2, -0.15) is 0 Å². The molecule has 0 aliphatic carbocycles. The van der Waals surface area contributed by atoms with E-state index in [1.54, 1.807) is 0 Å². The Balaban J connectivity index is 1.98. The third-order valence-electron chi connectivity index (χ3n) is 4.56. The van der Waals surface area contributed by atoms with Gasteiger partial charge in [0, 0.05) is 12.1 Å².